The second kappa shape index (κ2) is 11.2. The molecule has 0 unspecified atom stereocenters. The molecule has 0 spiro atoms. The van der Waals surface area contributed by atoms with Crippen molar-refractivity contribution < 1.29 is 4.79 Å². The number of amides is 1. The van der Waals surface area contributed by atoms with E-state index in [0.717, 1.165) is 38.3 Å². The number of aliphatic imine (C=N–C) groups is 1. The van der Waals surface area contributed by atoms with E-state index in [2.05, 4.69) is 38.5 Å². The molecule has 0 radical (unpaired) electrons. The lowest BCUT2D eigenvalue weighted by Gasteiger charge is -2.37. The van der Waals surface area contributed by atoms with Crippen LogP contribution in [0.4, 0.5) is 0 Å². The molecule has 1 heterocycles. The van der Waals surface area contributed by atoms with Crippen molar-refractivity contribution in [2.75, 3.05) is 20.1 Å². The number of guanidine groups is 1. The monoisotopic (exact) mass is 504 g/mol. The molecule has 2 saturated carbocycles. The molecule has 2 fully saturated rings. The average molecular weight is 504 g/mol. The quantitative estimate of drug-likeness (QED) is 0.219. The van der Waals surface area contributed by atoms with Crippen LogP contribution in [0.5, 0.6) is 0 Å². The molecule has 0 bridgehead atoms. The van der Waals surface area contributed by atoms with Crippen LogP contribution in [0.1, 0.15) is 62.7 Å². The van der Waals surface area contributed by atoms with Gasteiger partial charge in [0.15, 0.2) is 5.96 Å². The van der Waals surface area contributed by atoms with E-state index in [4.69, 9.17) is 0 Å². The summed E-state index contributed by atoms with van der Waals surface area (Å²) in [5, 5.41) is 12.1. The highest BCUT2D eigenvalue weighted by atomic mass is 127. The highest BCUT2D eigenvalue weighted by Gasteiger charge is 2.34. The first kappa shape index (κ1) is 22.5. The van der Waals surface area contributed by atoms with E-state index >= 15 is 0 Å². The van der Waals surface area contributed by atoms with Crippen molar-refractivity contribution >= 4 is 47.2 Å². The van der Waals surface area contributed by atoms with Gasteiger partial charge in [-0.3, -0.25) is 9.79 Å². The summed E-state index contributed by atoms with van der Waals surface area (Å²) in [7, 11) is 1.81. The zero-order valence-electron chi connectivity index (χ0n) is 16.3. The van der Waals surface area contributed by atoms with Gasteiger partial charge < -0.3 is 16.0 Å². The van der Waals surface area contributed by atoms with Gasteiger partial charge in [0.1, 0.15) is 0 Å². The van der Waals surface area contributed by atoms with Crippen LogP contribution in [0.25, 0.3) is 0 Å². The Morgan fingerprint density at radius 3 is 2.67 bits per heavy atom. The number of carbonyl (C=O) groups is 1. The summed E-state index contributed by atoms with van der Waals surface area (Å²) in [5.41, 5.74) is 0.244. The maximum absolute atomic E-state index is 11.7. The fourth-order valence-corrected chi connectivity index (χ4v) is 4.76. The van der Waals surface area contributed by atoms with Crippen molar-refractivity contribution in [3.05, 3.63) is 22.4 Å². The molecule has 3 rings (SSSR count). The first-order valence-electron chi connectivity index (χ1n) is 10.00. The molecule has 7 heteroatoms. The highest BCUT2D eigenvalue weighted by molar-refractivity contribution is 14.0. The Morgan fingerprint density at radius 1 is 1.26 bits per heavy atom. The lowest BCUT2D eigenvalue weighted by atomic mass is 9.73. The topological polar surface area (TPSA) is 65.5 Å². The largest absolute Gasteiger partial charge is 0.356 e. The van der Waals surface area contributed by atoms with E-state index in [1.807, 2.05) is 18.4 Å². The van der Waals surface area contributed by atoms with Gasteiger partial charge in [0, 0.05) is 42.9 Å². The number of hydrogen-bond donors (Lipinski definition) is 3. The minimum absolute atomic E-state index is 0. The molecule has 1 amide bonds. The van der Waals surface area contributed by atoms with Crippen LogP contribution in [0, 0.1) is 0 Å². The standard InChI is InChI=1S/C20H32N4OS.HI/c1-21-19(22-13-5-8-18(25)24-16-9-10-16)23-15-20(11-3-2-4-12-20)17-7-6-14-26-17;/h6-7,14,16H,2-5,8-13,15H2,1H3,(H,24,25)(H2,21,22,23);1H. The molecule has 2 aliphatic carbocycles. The summed E-state index contributed by atoms with van der Waals surface area (Å²) in [5.74, 6) is 1.02. The molecular weight excluding hydrogens is 471 g/mol. The fraction of sp³-hybridized carbons (Fsp3) is 0.700. The van der Waals surface area contributed by atoms with Gasteiger partial charge >= 0.3 is 0 Å². The number of nitrogens with one attached hydrogen (secondary N) is 3. The van der Waals surface area contributed by atoms with Crippen LogP contribution in [-0.4, -0.2) is 38.0 Å². The lowest BCUT2D eigenvalue weighted by Crippen LogP contribution is -2.46. The summed E-state index contributed by atoms with van der Waals surface area (Å²) < 4.78 is 0. The minimum Gasteiger partial charge on any atom is -0.356 e. The first-order chi connectivity index (χ1) is 12.7. The van der Waals surface area contributed by atoms with E-state index in [1.165, 1.54) is 37.0 Å². The minimum atomic E-state index is 0. The molecule has 0 aliphatic heterocycles. The summed E-state index contributed by atoms with van der Waals surface area (Å²) in [4.78, 5) is 17.6. The van der Waals surface area contributed by atoms with E-state index in [-0.39, 0.29) is 35.3 Å². The SMILES string of the molecule is CN=C(NCCCC(=O)NC1CC1)NCC1(c2cccs2)CCCCC1.I. The van der Waals surface area contributed by atoms with Gasteiger partial charge in [-0.25, -0.2) is 0 Å². The van der Waals surface area contributed by atoms with Gasteiger partial charge in [0.2, 0.25) is 5.91 Å². The van der Waals surface area contributed by atoms with Crippen LogP contribution in [-0.2, 0) is 10.2 Å². The summed E-state index contributed by atoms with van der Waals surface area (Å²) in [6.07, 6.45) is 10.2. The molecule has 2 aliphatic rings. The van der Waals surface area contributed by atoms with Gasteiger partial charge in [0.25, 0.3) is 0 Å². The average Bonchev–Trinajstić information content (AvgIpc) is 3.29. The smallest absolute Gasteiger partial charge is 0.220 e. The predicted octanol–water partition coefficient (Wildman–Crippen LogP) is 3.79. The Hall–Kier alpha value is -0.830. The van der Waals surface area contributed by atoms with Crippen molar-refractivity contribution in [2.45, 2.75) is 69.2 Å². The summed E-state index contributed by atoms with van der Waals surface area (Å²) in [6, 6.07) is 4.90. The zero-order valence-corrected chi connectivity index (χ0v) is 19.4. The third kappa shape index (κ3) is 6.93. The number of nitrogens with zero attached hydrogens (tertiary/aromatic N) is 1. The molecule has 0 aromatic carbocycles. The van der Waals surface area contributed by atoms with Crippen molar-refractivity contribution in [3.63, 3.8) is 0 Å². The molecule has 1 aromatic rings. The van der Waals surface area contributed by atoms with Crippen LogP contribution in [0.3, 0.4) is 0 Å². The lowest BCUT2D eigenvalue weighted by molar-refractivity contribution is -0.121. The van der Waals surface area contributed by atoms with Crippen LogP contribution < -0.4 is 16.0 Å². The summed E-state index contributed by atoms with van der Waals surface area (Å²) in [6.45, 7) is 1.69. The Balaban J connectivity index is 0.00000261. The van der Waals surface area contributed by atoms with E-state index < -0.39 is 0 Å². The van der Waals surface area contributed by atoms with Gasteiger partial charge in [-0.1, -0.05) is 25.3 Å². The van der Waals surface area contributed by atoms with Crippen LogP contribution in [0.15, 0.2) is 22.5 Å². The van der Waals surface area contributed by atoms with Gasteiger partial charge in [-0.2, -0.15) is 0 Å². The molecule has 27 heavy (non-hydrogen) atoms. The predicted molar refractivity (Wildman–Crippen MR) is 124 cm³/mol. The third-order valence-electron chi connectivity index (χ3n) is 5.49. The number of rotatable bonds is 8. The molecule has 1 aromatic heterocycles. The second-order valence-electron chi connectivity index (χ2n) is 7.62. The maximum Gasteiger partial charge on any atom is 0.220 e. The fourth-order valence-electron chi connectivity index (χ4n) is 3.78. The van der Waals surface area contributed by atoms with Crippen molar-refractivity contribution in [1.82, 2.24) is 16.0 Å². The molecule has 5 nitrogen and oxygen atoms in total. The molecule has 152 valence electrons. The zero-order chi connectivity index (χ0) is 18.2. The normalized spacial score (nSPS) is 19.1. The number of carbonyl (C=O) groups excluding carboxylic acids is 1. The number of halogens is 1. The van der Waals surface area contributed by atoms with Gasteiger partial charge in [-0.05, 0) is 43.6 Å². The molecule has 0 saturated heterocycles. The Morgan fingerprint density at radius 2 is 2.04 bits per heavy atom. The van der Waals surface area contributed by atoms with E-state index in [1.54, 1.807) is 0 Å². The second-order valence-corrected chi connectivity index (χ2v) is 8.56. The van der Waals surface area contributed by atoms with Gasteiger partial charge in [-0.15, -0.1) is 35.3 Å². The highest BCUT2D eigenvalue weighted by Crippen LogP contribution is 2.41. The van der Waals surface area contributed by atoms with E-state index in [0.29, 0.717) is 12.5 Å². The third-order valence-corrected chi connectivity index (χ3v) is 6.60. The maximum atomic E-state index is 11.7. The van der Waals surface area contributed by atoms with Crippen molar-refractivity contribution in [1.29, 1.82) is 0 Å². The van der Waals surface area contributed by atoms with Crippen LogP contribution >= 0.6 is 35.3 Å². The van der Waals surface area contributed by atoms with Gasteiger partial charge in [0.05, 0.1) is 0 Å². The Bertz CT molecular complexity index is 595. The summed E-state index contributed by atoms with van der Waals surface area (Å²) >= 11 is 1.88. The van der Waals surface area contributed by atoms with E-state index in [9.17, 15) is 4.79 Å². The Labute approximate surface area is 184 Å². The number of thiophene rings is 1. The van der Waals surface area contributed by atoms with Crippen molar-refractivity contribution in [2.24, 2.45) is 4.99 Å². The molecule has 0 atom stereocenters. The first-order valence-corrected chi connectivity index (χ1v) is 10.9. The number of hydrogen-bond acceptors (Lipinski definition) is 3. The van der Waals surface area contributed by atoms with Crippen molar-refractivity contribution in [3.8, 4) is 0 Å². The van der Waals surface area contributed by atoms with Crippen LogP contribution in [0.2, 0.25) is 0 Å². The Kier molecular flexibility index (Phi) is 9.35. The molecular formula is C20H33IN4OS. The molecule has 3 N–H and O–H groups in total.